The molecule has 0 spiro atoms. The monoisotopic (exact) mass is 394 g/mol. The predicted octanol–water partition coefficient (Wildman–Crippen LogP) is 4.77. The van der Waals surface area contributed by atoms with Gasteiger partial charge in [0.15, 0.2) is 0 Å². The fraction of sp³-hybridized carbons (Fsp3) is 0. The van der Waals surface area contributed by atoms with Gasteiger partial charge < -0.3 is 11.5 Å². The molecule has 4 N–H and O–H groups in total. The highest BCUT2D eigenvalue weighted by atomic mass is 35.5. The zero-order valence-electron chi connectivity index (χ0n) is 13.1. The molecule has 130 valence electrons. The lowest BCUT2D eigenvalue weighted by atomic mass is 10.1. The van der Waals surface area contributed by atoms with Crippen molar-refractivity contribution in [2.75, 3.05) is 0 Å². The maximum Gasteiger partial charge on any atom is 0.211 e. The van der Waals surface area contributed by atoms with Crippen LogP contribution in [0.1, 0.15) is 11.1 Å². The van der Waals surface area contributed by atoms with E-state index in [1.807, 2.05) is 60.7 Å². The van der Waals surface area contributed by atoms with Gasteiger partial charge in [-0.1, -0.05) is 71.8 Å². The summed E-state index contributed by atoms with van der Waals surface area (Å²) in [7, 11) is 0. The molecule has 25 heavy (non-hydrogen) atoms. The van der Waals surface area contributed by atoms with Crippen LogP contribution in [0, 0.1) is 0 Å². The van der Waals surface area contributed by atoms with E-state index in [2.05, 4.69) is 10.2 Å². The van der Waals surface area contributed by atoms with Gasteiger partial charge in [0.2, 0.25) is 5.96 Å². The van der Waals surface area contributed by atoms with Gasteiger partial charge in [-0.25, -0.2) is 0 Å². The van der Waals surface area contributed by atoms with Crippen LogP contribution in [-0.2, 0) is 0 Å². The van der Waals surface area contributed by atoms with Crippen LogP contribution in [0.4, 0.5) is 0 Å². The Morgan fingerprint density at radius 1 is 0.760 bits per heavy atom. The Morgan fingerprint density at radius 3 is 1.60 bits per heavy atom. The number of halogens is 3. The second-order valence-corrected chi connectivity index (χ2v) is 5.57. The van der Waals surface area contributed by atoms with Crippen molar-refractivity contribution >= 4 is 59.4 Å². The molecule has 0 aliphatic carbocycles. The number of guanidine groups is 1. The van der Waals surface area contributed by atoms with Crippen molar-refractivity contribution in [2.24, 2.45) is 21.7 Å². The van der Waals surface area contributed by atoms with Crippen molar-refractivity contribution in [1.29, 1.82) is 0 Å². The topological polar surface area (TPSA) is 76.8 Å². The van der Waals surface area contributed by atoms with Crippen LogP contribution in [0.3, 0.4) is 0 Å². The Labute approximate surface area is 162 Å². The first-order chi connectivity index (χ1) is 11.6. The first-order valence-corrected chi connectivity index (χ1v) is 7.83. The van der Waals surface area contributed by atoms with Gasteiger partial charge >= 0.3 is 0 Å². The SMILES string of the molecule is Cl.NC(N)=NN=C(/C=C/c1ccccc1Cl)/C=C/c1ccccc1Cl. The number of allylic oxidation sites excluding steroid dienone is 2. The number of nitrogens with two attached hydrogens (primary N) is 2. The van der Waals surface area contributed by atoms with Gasteiger partial charge in [-0.05, 0) is 35.4 Å². The van der Waals surface area contributed by atoms with Crippen LogP contribution in [0.5, 0.6) is 0 Å². The van der Waals surface area contributed by atoms with Gasteiger partial charge in [-0.2, -0.15) is 0 Å². The van der Waals surface area contributed by atoms with Crippen LogP contribution in [0.25, 0.3) is 12.2 Å². The normalized spacial score (nSPS) is 10.5. The molecule has 7 heteroatoms. The molecule has 0 saturated carbocycles. The minimum absolute atomic E-state index is 0. The summed E-state index contributed by atoms with van der Waals surface area (Å²) < 4.78 is 0. The zero-order chi connectivity index (χ0) is 17.4. The third kappa shape index (κ3) is 7.01. The zero-order valence-corrected chi connectivity index (χ0v) is 15.5. The Hall–Kier alpha value is -2.27. The number of hydrogen-bond acceptors (Lipinski definition) is 2. The molecule has 2 aromatic carbocycles. The summed E-state index contributed by atoms with van der Waals surface area (Å²) >= 11 is 12.3. The van der Waals surface area contributed by atoms with Crippen LogP contribution >= 0.6 is 35.6 Å². The highest BCUT2D eigenvalue weighted by Gasteiger charge is 1.97. The molecule has 0 saturated heterocycles. The van der Waals surface area contributed by atoms with Gasteiger partial charge in [-0.3, -0.25) is 0 Å². The quantitative estimate of drug-likeness (QED) is 0.434. The summed E-state index contributed by atoms with van der Waals surface area (Å²) in [4.78, 5) is 0. The van der Waals surface area contributed by atoms with Crippen molar-refractivity contribution in [3.63, 3.8) is 0 Å². The number of hydrogen-bond donors (Lipinski definition) is 2. The van der Waals surface area contributed by atoms with Crippen molar-refractivity contribution in [2.45, 2.75) is 0 Å². The van der Waals surface area contributed by atoms with Crippen molar-refractivity contribution in [3.05, 3.63) is 81.9 Å². The number of rotatable bonds is 5. The Morgan fingerprint density at radius 2 is 1.20 bits per heavy atom. The molecule has 4 nitrogen and oxygen atoms in total. The maximum atomic E-state index is 6.13. The van der Waals surface area contributed by atoms with Crippen molar-refractivity contribution in [3.8, 4) is 0 Å². The lowest BCUT2D eigenvalue weighted by Crippen LogP contribution is -2.22. The molecule has 0 fully saturated rings. The largest absolute Gasteiger partial charge is 0.369 e. The highest BCUT2D eigenvalue weighted by Crippen LogP contribution is 2.18. The van der Waals surface area contributed by atoms with Crippen LogP contribution < -0.4 is 11.5 Å². The van der Waals surface area contributed by atoms with E-state index in [-0.39, 0.29) is 18.4 Å². The summed E-state index contributed by atoms with van der Waals surface area (Å²) in [5, 5.41) is 8.98. The molecule has 0 radical (unpaired) electrons. The van der Waals surface area contributed by atoms with Crippen molar-refractivity contribution in [1.82, 2.24) is 0 Å². The molecule has 0 heterocycles. The summed E-state index contributed by atoms with van der Waals surface area (Å²) in [6.45, 7) is 0. The van der Waals surface area contributed by atoms with Crippen LogP contribution in [0.15, 0.2) is 70.9 Å². The summed E-state index contributed by atoms with van der Waals surface area (Å²) in [6.07, 6.45) is 7.20. The summed E-state index contributed by atoms with van der Waals surface area (Å²) in [5.41, 5.74) is 12.9. The van der Waals surface area contributed by atoms with E-state index in [0.717, 1.165) is 11.1 Å². The van der Waals surface area contributed by atoms with Crippen molar-refractivity contribution < 1.29 is 0 Å². The molecule has 0 unspecified atom stereocenters. The molecule has 0 bridgehead atoms. The Kier molecular flexibility index (Phi) is 8.78. The first kappa shape index (κ1) is 20.8. The first-order valence-electron chi connectivity index (χ1n) is 7.08. The average molecular weight is 396 g/mol. The maximum absolute atomic E-state index is 6.13. The van der Waals surface area contributed by atoms with E-state index in [1.165, 1.54) is 0 Å². The fourth-order valence-corrected chi connectivity index (χ4v) is 2.21. The second-order valence-electron chi connectivity index (χ2n) is 4.76. The van der Waals surface area contributed by atoms with E-state index in [1.54, 1.807) is 12.2 Å². The Balaban J connectivity index is 0.00000312. The van der Waals surface area contributed by atoms with Gasteiger partial charge in [0.05, 0.1) is 5.71 Å². The summed E-state index contributed by atoms with van der Waals surface area (Å²) in [5.74, 6) is -0.121. The van der Waals surface area contributed by atoms with Gasteiger partial charge in [0.25, 0.3) is 0 Å². The van der Waals surface area contributed by atoms with E-state index in [0.29, 0.717) is 15.8 Å². The standard InChI is InChI=1S/C18H16Cl2N4.ClH/c19-16-7-3-1-5-13(16)9-11-15(23-24-18(21)22)12-10-14-6-2-4-8-17(14)20;/h1-12H,(H4,21,22,24);1H/b11-9+,12-10+;. The molecule has 2 rings (SSSR count). The van der Waals surface area contributed by atoms with E-state index in [4.69, 9.17) is 34.7 Å². The predicted molar refractivity (Wildman–Crippen MR) is 111 cm³/mol. The minimum Gasteiger partial charge on any atom is -0.369 e. The lowest BCUT2D eigenvalue weighted by molar-refractivity contribution is 1.21. The number of benzene rings is 2. The molecule has 0 atom stereocenters. The molecular weight excluding hydrogens is 379 g/mol. The van der Waals surface area contributed by atoms with E-state index in [9.17, 15) is 0 Å². The third-order valence-electron chi connectivity index (χ3n) is 2.96. The molecular formula is C18H17Cl3N4. The highest BCUT2D eigenvalue weighted by molar-refractivity contribution is 6.32. The van der Waals surface area contributed by atoms with E-state index < -0.39 is 0 Å². The second kappa shape index (κ2) is 10.6. The van der Waals surface area contributed by atoms with Crippen LogP contribution in [-0.4, -0.2) is 11.7 Å². The molecule has 0 amide bonds. The molecule has 2 aromatic rings. The molecule has 0 aliphatic rings. The summed E-state index contributed by atoms with van der Waals surface area (Å²) in [6, 6.07) is 15.0. The van der Waals surface area contributed by atoms with E-state index >= 15 is 0 Å². The molecule has 0 aliphatic heterocycles. The Bertz CT molecular complexity index is 765. The third-order valence-corrected chi connectivity index (χ3v) is 3.65. The minimum atomic E-state index is -0.121. The molecule has 0 aromatic heterocycles. The smallest absolute Gasteiger partial charge is 0.211 e. The number of nitrogens with zero attached hydrogens (tertiary/aromatic N) is 2. The van der Waals surface area contributed by atoms with Gasteiger partial charge in [0.1, 0.15) is 0 Å². The van der Waals surface area contributed by atoms with Gasteiger partial charge in [-0.15, -0.1) is 22.6 Å². The average Bonchev–Trinajstić information content (AvgIpc) is 2.56. The fourth-order valence-electron chi connectivity index (χ4n) is 1.81. The van der Waals surface area contributed by atoms with Crippen LogP contribution in [0.2, 0.25) is 10.0 Å². The van der Waals surface area contributed by atoms with Gasteiger partial charge in [0, 0.05) is 10.0 Å². The lowest BCUT2D eigenvalue weighted by Gasteiger charge is -1.98.